The third-order valence-electron chi connectivity index (χ3n) is 4.40. The molecule has 1 heterocycles. The molecule has 1 aromatic heterocycles. The zero-order valence-corrected chi connectivity index (χ0v) is 18.3. The number of fused-ring (bicyclic) bond motifs is 1. The summed E-state index contributed by atoms with van der Waals surface area (Å²) in [6.45, 7) is 5.39. The number of furan rings is 1. The Labute approximate surface area is 181 Å². The smallest absolute Gasteiger partial charge is 0.408 e. The largest absolute Gasteiger partial charge is 0.468 e. The van der Waals surface area contributed by atoms with Gasteiger partial charge in [0.15, 0.2) is 5.78 Å². The van der Waals surface area contributed by atoms with Crippen molar-refractivity contribution in [2.45, 2.75) is 44.6 Å². The molecule has 0 aliphatic carbocycles. The third kappa shape index (κ3) is 6.66. The molecule has 5 nitrogen and oxygen atoms in total. The predicted octanol–water partition coefficient (Wildman–Crippen LogP) is 5.37. The minimum Gasteiger partial charge on any atom is -0.468 e. The van der Waals surface area contributed by atoms with Gasteiger partial charge < -0.3 is 14.5 Å². The van der Waals surface area contributed by atoms with E-state index in [9.17, 15) is 9.59 Å². The van der Waals surface area contributed by atoms with E-state index in [0.717, 1.165) is 22.1 Å². The molecule has 0 saturated heterocycles. The number of nitrogens with one attached hydrogen (secondary N) is 1. The van der Waals surface area contributed by atoms with Gasteiger partial charge in [0.05, 0.1) is 23.8 Å². The monoisotopic (exact) mass is 425 g/mol. The molecule has 6 heteroatoms. The van der Waals surface area contributed by atoms with Gasteiger partial charge in [-0.2, -0.15) is 0 Å². The van der Waals surface area contributed by atoms with E-state index in [1.165, 1.54) is 11.8 Å². The molecule has 2 aromatic carbocycles. The quantitative estimate of drug-likeness (QED) is 0.525. The van der Waals surface area contributed by atoms with Crippen LogP contribution >= 0.6 is 11.8 Å². The van der Waals surface area contributed by atoms with Crippen molar-refractivity contribution in [3.63, 3.8) is 0 Å². The molecule has 0 bridgehead atoms. The van der Waals surface area contributed by atoms with E-state index in [2.05, 4.69) is 11.4 Å². The summed E-state index contributed by atoms with van der Waals surface area (Å²) in [6, 6.07) is 17.2. The number of carbonyl (C=O) groups excluding carboxylic acids is 2. The second kappa shape index (κ2) is 9.85. The van der Waals surface area contributed by atoms with Gasteiger partial charge in [0.1, 0.15) is 11.4 Å². The van der Waals surface area contributed by atoms with Gasteiger partial charge in [-0.1, -0.05) is 42.5 Å². The Morgan fingerprint density at radius 3 is 2.53 bits per heavy atom. The lowest BCUT2D eigenvalue weighted by Crippen LogP contribution is -2.45. The average Bonchev–Trinajstić information content (AvgIpc) is 3.19. The second-order valence-corrected chi connectivity index (χ2v) is 9.11. The first-order valence-electron chi connectivity index (χ1n) is 9.90. The molecule has 0 fully saturated rings. The van der Waals surface area contributed by atoms with Crippen LogP contribution in [0.1, 0.15) is 32.1 Å². The number of amides is 1. The van der Waals surface area contributed by atoms with E-state index in [-0.39, 0.29) is 11.5 Å². The first-order chi connectivity index (χ1) is 14.3. The Kier molecular flexibility index (Phi) is 7.21. The number of thioether (sulfide) groups is 1. The van der Waals surface area contributed by atoms with E-state index in [4.69, 9.17) is 9.15 Å². The summed E-state index contributed by atoms with van der Waals surface area (Å²) in [5.74, 6) is 1.65. The molecule has 0 aliphatic heterocycles. The van der Waals surface area contributed by atoms with Crippen molar-refractivity contribution < 1.29 is 18.7 Å². The molecule has 1 N–H and O–H groups in total. The molecular weight excluding hydrogens is 398 g/mol. The van der Waals surface area contributed by atoms with Crippen molar-refractivity contribution in [2.75, 3.05) is 5.75 Å². The Morgan fingerprint density at radius 1 is 1.07 bits per heavy atom. The van der Waals surface area contributed by atoms with E-state index < -0.39 is 17.7 Å². The van der Waals surface area contributed by atoms with Gasteiger partial charge in [-0.3, -0.25) is 4.79 Å². The summed E-state index contributed by atoms with van der Waals surface area (Å²) in [7, 11) is 0. The lowest BCUT2D eigenvalue weighted by Gasteiger charge is -2.23. The van der Waals surface area contributed by atoms with Gasteiger partial charge in [0, 0.05) is 0 Å². The number of hydrogen-bond donors (Lipinski definition) is 1. The first-order valence-corrected chi connectivity index (χ1v) is 11.1. The second-order valence-electron chi connectivity index (χ2n) is 8.12. The highest BCUT2D eigenvalue weighted by Crippen LogP contribution is 2.19. The number of hydrogen-bond acceptors (Lipinski definition) is 5. The zero-order valence-electron chi connectivity index (χ0n) is 17.5. The molecular formula is C24H27NO4S. The van der Waals surface area contributed by atoms with E-state index >= 15 is 0 Å². The zero-order chi connectivity index (χ0) is 21.6. The molecule has 3 aromatic rings. The Hall–Kier alpha value is -2.73. The standard InChI is InChI=1S/C24H27NO4S/c1-24(2,3)29-23(27)25-21(22(26)16-30-15-20-9-6-12-28-20)14-17-10-11-18-7-4-5-8-19(18)13-17/h4-13,21H,14-16H2,1-3H3,(H,25,27). The van der Waals surface area contributed by atoms with Crippen LogP contribution in [0.15, 0.2) is 65.3 Å². The Balaban J connectivity index is 1.69. The lowest BCUT2D eigenvalue weighted by atomic mass is 10.00. The normalized spacial score (nSPS) is 12.5. The van der Waals surface area contributed by atoms with Gasteiger partial charge in [0.2, 0.25) is 0 Å². The minimum absolute atomic E-state index is 0.0504. The average molecular weight is 426 g/mol. The molecule has 1 atom stereocenters. The van der Waals surface area contributed by atoms with Crippen LogP contribution in [0.25, 0.3) is 10.8 Å². The van der Waals surface area contributed by atoms with Gasteiger partial charge in [-0.15, -0.1) is 11.8 Å². The number of carbonyl (C=O) groups is 2. The van der Waals surface area contributed by atoms with Crippen LogP contribution in [0.2, 0.25) is 0 Å². The molecule has 0 radical (unpaired) electrons. The maximum atomic E-state index is 12.9. The minimum atomic E-state index is -0.662. The molecule has 1 unspecified atom stereocenters. The third-order valence-corrected chi connectivity index (χ3v) is 5.38. The van der Waals surface area contributed by atoms with Crippen molar-refractivity contribution in [3.8, 4) is 0 Å². The van der Waals surface area contributed by atoms with E-state index in [1.54, 1.807) is 27.0 Å². The van der Waals surface area contributed by atoms with Crippen LogP contribution in [0, 0.1) is 0 Å². The van der Waals surface area contributed by atoms with Crippen LogP contribution in [0.3, 0.4) is 0 Å². The summed E-state index contributed by atoms with van der Waals surface area (Å²) < 4.78 is 10.7. The lowest BCUT2D eigenvalue weighted by molar-refractivity contribution is -0.118. The fraction of sp³-hybridized carbons (Fsp3) is 0.333. The fourth-order valence-corrected chi connectivity index (χ4v) is 3.91. The number of alkyl carbamates (subject to hydrolysis) is 1. The fourth-order valence-electron chi connectivity index (χ4n) is 3.04. The summed E-state index contributed by atoms with van der Waals surface area (Å²) in [6.07, 6.45) is 1.44. The van der Waals surface area contributed by atoms with Crippen LogP contribution in [-0.4, -0.2) is 29.3 Å². The maximum Gasteiger partial charge on any atom is 0.408 e. The SMILES string of the molecule is CC(C)(C)OC(=O)NC(Cc1ccc2ccccc2c1)C(=O)CSCc1ccco1. The highest BCUT2D eigenvalue weighted by Gasteiger charge is 2.24. The Bertz CT molecular complexity index is 992. The summed E-state index contributed by atoms with van der Waals surface area (Å²) in [5, 5.41) is 5.01. The van der Waals surface area contributed by atoms with Crippen LogP contribution in [-0.2, 0) is 21.7 Å². The highest BCUT2D eigenvalue weighted by atomic mass is 32.2. The molecule has 0 saturated carbocycles. The number of ether oxygens (including phenoxy) is 1. The number of benzene rings is 2. The predicted molar refractivity (Wildman–Crippen MR) is 121 cm³/mol. The van der Waals surface area contributed by atoms with Crippen molar-refractivity contribution in [2.24, 2.45) is 0 Å². The van der Waals surface area contributed by atoms with Crippen molar-refractivity contribution in [3.05, 3.63) is 72.2 Å². The summed E-state index contributed by atoms with van der Waals surface area (Å²) >= 11 is 1.47. The molecule has 3 rings (SSSR count). The van der Waals surface area contributed by atoms with Gasteiger partial charge in [0.25, 0.3) is 0 Å². The summed E-state index contributed by atoms with van der Waals surface area (Å²) in [5.41, 5.74) is 0.355. The van der Waals surface area contributed by atoms with Crippen molar-refractivity contribution in [1.82, 2.24) is 5.32 Å². The van der Waals surface area contributed by atoms with Crippen LogP contribution in [0.4, 0.5) is 4.79 Å². The number of ketones is 1. The van der Waals surface area contributed by atoms with E-state index in [1.807, 2.05) is 48.5 Å². The van der Waals surface area contributed by atoms with Crippen LogP contribution in [0.5, 0.6) is 0 Å². The molecule has 30 heavy (non-hydrogen) atoms. The summed E-state index contributed by atoms with van der Waals surface area (Å²) in [4.78, 5) is 25.2. The van der Waals surface area contributed by atoms with Crippen LogP contribution < -0.4 is 5.32 Å². The molecule has 0 aliphatic rings. The topological polar surface area (TPSA) is 68.5 Å². The number of Topliss-reactive ketones (excluding diaryl/α,β-unsaturated/α-hetero) is 1. The maximum absolute atomic E-state index is 12.9. The highest BCUT2D eigenvalue weighted by molar-refractivity contribution is 7.99. The van der Waals surface area contributed by atoms with Crippen molar-refractivity contribution in [1.29, 1.82) is 0 Å². The molecule has 1 amide bonds. The van der Waals surface area contributed by atoms with Gasteiger partial charge in [-0.25, -0.2) is 4.79 Å². The molecule has 158 valence electrons. The Morgan fingerprint density at radius 2 is 1.83 bits per heavy atom. The van der Waals surface area contributed by atoms with E-state index in [0.29, 0.717) is 12.2 Å². The molecule has 0 spiro atoms. The van der Waals surface area contributed by atoms with Gasteiger partial charge in [-0.05, 0) is 55.7 Å². The first kappa shape index (κ1) is 22.0. The van der Waals surface area contributed by atoms with Gasteiger partial charge >= 0.3 is 6.09 Å². The van der Waals surface area contributed by atoms with Crippen molar-refractivity contribution >= 4 is 34.4 Å². The number of rotatable bonds is 8.